The number of alkyl halides is 2. The molecule has 0 heterocycles. The van der Waals surface area contributed by atoms with Crippen LogP contribution in [-0.4, -0.2) is 43.2 Å². The molecule has 0 aromatic heterocycles. The topological polar surface area (TPSA) is 61.4 Å². The van der Waals surface area contributed by atoms with E-state index in [0.717, 1.165) is 6.42 Å². The highest BCUT2D eigenvalue weighted by Gasteiger charge is 2.26. The van der Waals surface area contributed by atoms with Crippen LogP contribution in [0.1, 0.15) is 13.3 Å². The molecule has 0 saturated heterocycles. The number of carbonyl (C=O) groups excluding carboxylic acids is 1. The SMILES string of the molecule is CCCNC(=O)CNCC(F)(F)CO. The molecule has 0 aliphatic heterocycles. The van der Waals surface area contributed by atoms with Crippen molar-refractivity contribution in [2.24, 2.45) is 0 Å². The highest BCUT2D eigenvalue weighted by atomic mass is 19.3. The van der Waals surface area contributed by atoms with Crippen LogP contribution in [0.2, 0.25) is 0 Å². The fourth-order valence-corrected chi connectivity index (χ4v) is 0.742. The summed E-state index contributed by atoms with van der Waals surface area (Å²) in [6.45, 7) is 0.375. The van der Waals surface area contributed by atoms with Crippen molar-refractivity contribution in [1.29, 1.82) is 0 Å². The molecule has 0 aromatic rings. The molecule has 14 heavy (non-hydrogen) atoms. The van der Waals surface area contributed by atoms with Gasteiger partial charge in [0.1, 0.15) is 6.61 Å². The van der Waals surface area contributed by atoms with Crippen LogP contribution in [0.4, 0.5) is 8.78 Å². The van der Waals surface area contributed by atoms with E-state index in [0.29, 0.717) is 6.54 Å². The summed E-state index contributed by atoms with van der Waals surface area (Å²) in [6, 6.07) is 0. The van der Waals surface area contributed by atoms with Gasteiger partial charge in [0, 0.05) is 6.54 Å². The standard InChI is InChI=1S/C8H16F2N2O2/c1-2-3-12-7(14)4-11-5-8(9,10)6-13/h11,13H,2-6H2,1H3,(H,12,14). The van der Waals surface area contributed by atoms with Crippen molar-refractivity contribution >= 4 is 5.91 Å². The van der Waals surface area contributed by atoms with Gasteiger partial charge in [-0.1, -0.05) is 6.92 Å². The Balaban J connectivity index is 3.49. The van der Waals surface area contributed by atoms with Crippen molar-refractivity contribution in [1.82, 2.24) is 10.6 Å². The Bertz CT molecular complexity index is 177. The van der Waals surface area contributed by atoms with Gasteiger partial charge in [0.2, 0.25) is 5.91 Å². The third-order valence-corrected chi connectivity index (χ3v) is 1.47. The molecule has 1 amide bonds. The zero-order valence-electron chi connectivity index (χ0n) is 8.15. The zero-order valence-corrected chi connectivity index (χ0v) is 8.15. The van der Waals surface area contributed by atoms with Crippen molar-refractivity contribution in [3.63, 3.8) is 0 Å². The molecule has 4 nitrogen and oxygen atoms in total. The van der Waals surface area contributed by atoms with Crippen LogP contribution < -0.4 is 10.6 Å². The maximum atomic E-state index is 12.4. The quantitative estimate of drug-likeness (QED) is 0.542. The van der Waals surface area contributed by atoms with Crippen LogP contribution in [0.15, 0.2) is 0 Å². The van der Waals surface area contributed by atoms with E-state index in [9.17, 15) is 13.6 Å². The molecule has 0 spiro atoms. The molecular formula is C8H16F2N2O2. The number of rotatable bonds is 7. The Hall–Kier alpha value is -0.750. The first-order valence-electron chi connectivity index (χ1n) is 4.48. The summed E-state index contributed by atoms with van der Waals surface area (Å²) in [4.78, 5) is 10.9. The first-order chi connectivity index (χ1) is 6.52. The van der Waals surface area contributed by atoms with Crippen LogP contribution in [0.3, 0.4) is 0 Å². The zero-order chi connectivity index (χ0) is 11.0. The fraction of sp³-hybridized carbons (Fsp3) is 0.875. The van der Waals surface area contributed by atoms with Crippen LogP contribution >= 0.6 is 0 Å². The van der Waals surface area contributed by atoms with Gasteiger partial charge in [0.05, 0.1) is 13.1 Å². The van der Waals surface area contributed by atoms with Crippen LogP contribution in [0.25, 0.3) is 0 Å². The molecule has 0 bridgehead atoms. The van der Waals surface area contributed by atoms with Gasteiger partial charge in [0.25, 0.3) is 5.92 Å². The second kappa shape index (κ2) is 6.67. The molecule has 0 radical (unpaired) electrons. The maximum Gasteiger partial charge on any atom is 0.282 e. The molecule has 0 rings (SSSR count). The van der Waals surface area contributed by atoms with Gasteiger partial charge < -0.3 is 15.7 Å². The highest BCUT2D eigenvalue weighted by molar-refractivity contribution is 5.77. The third-order valence-electron chi connectivity index (χ3n) is 1.47. The summed E-state index contributed by atoms with van der Waals surface area (Å²) in [5, 5.41) is 13.0. The molecular weight excluding hydrogens is 194 g/mol. The van der Waals surface area contributed by atoms with Crippen molar-refractivity contribution < 1.29 is 18.7 Å². The Morgan fingerprint density at radius 1 is 1.50 bits per heavy atom. The predicted molar refractivity (Wildman–Crippen MR) is 48.2 cm³/mol. The van der Waals surface area contributed by atoms with Gasteiger partial charge in [-0.05, 0) is 6.42 Å². The Labute approximate surface area is 81.7 Å². The number of aliphatic hydroxyl groups is 1. The van der Waals surface area contributed by atoms with E-state index in [2.05, 4.69) is 10.6 Å². The lowest BCUT2D eigenvalue weighted by molar-refractivity contribution is -0.120. The summed E-state index contributed by atoms with van der Waals surface area (Å²) in [7, 11) is 0. The second-order valence-corrected chi connectivity index (χ2v) is 2.97. The van der Waals surface area contributed by atoms with Gasteiger partial charge >= 0.3 is 0 Å². The first kappa shape index (κ1) is 13.2. The van der Waals surface area contributed by atoms with Crippen LogP contribution in [-0.2, 0) is 4.79 Å². The first-order valence-corrected chi connectivity index (χ1v) is 4.48. The molecule has 0 saturated carbocycles. The van der Waals surface area contributed by atoms with Gasteiger partial charge in [0.15, 0.2) is 0 Å². The van der Waals surface area contributed by atoms with Gasteiger partial charge in [-0.25, -0.2) is 8.78 Å². The molecule has 6 heteroatoms. The van der Waals surface area contributed by atoms with E-state index < -0.39 is 19.1 Å². The minimum absolute atomic E-state index is 0.157. The highest BCUT2D eigenvalue weighted by Crippen LogP contribution is 2.09. The molecule has 0 aliphatic carbocycles. The molecule has 0 aromatic carbocycles. The lowest BCUT2D eigenvalue weighted by Gasteiger charge is -2.13. The second-order valence-electron chi connectivity index (χ2n) is 2.97. The number of amides is 1. The average molecular weight is 210 g/mol. The summed E-state index contributed by atoms with van der Waals surface area (Å²) >= 11 is 0. The number of hydrogen-bond acceptors (Lipinski definition) is 3. The Morgan fingerprint density at radius 3 is 2.64 bits per heavy atom. The lowest BCUT2D eigenvalue weighted by Crippen LogP contribution is -2.41. The number of aliphatic hydroxyl groups excluding tert-OH is 1. The summed E-state index contributed by atoms with van der Waals surface area (Å²) in [5.74, 6) is -3.48. The van der Waals surface area contributed by atoms with Gasteiger partial charge in [-0.3, -0.25) is 4.79 Å². The molecule has 84 valence electrons. The van der Waals surface area contributed by atoms with Gasteiger partial charge in [-0.2, -0.15) is 0 Å². The van der Waals surface area contributed by atoms with E-state index in [1.807, 2.05) is 6.92 Å². The maximum absolute atomic E-state index is 12.4. The lowest BCUT2D eigenvalue weighted by atomic mass is 10.3. The van der Waals surface area contributed by atoms with Crippen LogP contribution in [0.5, 0.6) is 0 Å². The number of halogens is 2. The van der Waals surface area contributed by atoms with Crippen LogP contribution in [0, 0.1) is 0 Å². The number of hydrogen-bond donors (Lipinski definition) is 3. The number of nitrogens with one attached hydrogen (secondary N) is 2. The molecule has 0 aliphatic rings. The Kier molecular flexibility index (Phi) is 6.31. The van der Waals surface area contributed by atoms with Crippen molar-refractivity contribution in [3.8, 4) is 0 Å². The molecule has 0 unspecified atom stereocenters. The molecule has 3 N–H and O–H groups in total. The van der Waals surface area contributed by atoms with E-state index in [-0.39, 0.29) is 12.5 Å². The summed E-state index contributed by atoms with van der Waals surface area (Å²) in [5.41, 5.74) is 0. The van der Waals surface area contributed by atoms with Gasteiger partial charge in [-0.15, -0.1) is 0 Å². The Morgan fingerprint density at radius 2 is 2.14 bits per heavy atom. The smallest absolute Gasteiger partial charge is 0.282 e. The fourth-order valence-electron chi connectivity index (χ4n) is 0.742. The minimum Gasteiger partial charge on any atom is -0.390 e. The van der Waals surface area contributed by atoms with E-state index >= 15 is 0 Å². The third kappa shape index (κ3) is 6.73. The van der Waals surface area contributed by atoms with Crippen molar-refractivity contribution in [2.75, 3.05) is 26.2 Å². The van der Waals surface area contributed by atoms with Crippen molar-refractivity contribution in [2.45, 2.75) is 19.3 Å². The van der Waals surface area contributed by atoms with E-state index in [1.165, 1.54) is 0 Å². The largest absolute Gasteiger partial charge is 0.390 e. The van der Waals surface area contributed by atoms with E-state index in [1.54, 1.807) is 0 Å². The molecule has 0 fully saturated rings. The predicted octanol–water partition coefficient (Wildman–Crippen LogP) is -0.270. The normalized spacial score (nSPS) is 11.4. The van der Waals surface area contributed by atoms with Crippen molar-refractivity contribution in [3.05, 3.63) is 0 Å². The summed E-state index contributed by atoms with van der Waals surface area (Å²) < 4.78 is 24.8. The minimum atomic E-state index is -3.16. The summed E-state index contributed by atoms with van der Waals surface area (Å²) in [6.07, 6.45) is 0.804. The van der Waals surface area contributed by atoms with E-state index in [4.69, 9.17) is 5.11 Å². The number of carbonyl (C=O) groups is 1. The monoisotopic (exact) mass is 210 g/mol. The molecule has 0 atom stereocenters. The average Bonchev–Trinajstić information content (AvgIpc) is 2.14.